The molecular weight excluding hydrogens is 617 g/mol. The summed E-state index contributed by atoms with van der Waals surface area (Å²) in [5, 5.41) is 12.1. The molecule has 0 bridgehead atoms. The van der Waals surface area contributed by atoms with Crippen LogP contribution in [0.25, 0.3) is 0 Å². The number of nitrogens with one attached hydrogen (secondary N) is 1. The van der Waals surface area contributed by atoms with Crippen molar-refractivity contribution in [2.24, 2.45) is 0 Å². The minimum atomic E-state index is -5.04. The molecular formula is C33H37F3N6O5. The normalized spacial score (nSPS) is 23.9. The maximum atomic E-state index is 13.0. The van der Waals surface area contributed by atoms with Crippen molar-refractivity contribution in [1.82, 2.24) is 19.8 Å². The first-order valence-electron chi connectivity index (χ1n) is 15.7. The monoisotopic (exact) mass is 654 g/mol. The molecule has 2 aromatic carbocycles. The van der Waals surface area contributed by atoms with Crippen molar-refractivity contribution in [1.29, 1.82) is 0 Å². The Morgan fingerprint density at radius 1 is 0.915 bits per heavy atom. The number of rotatable bonds is 8. The number of carbonyl (C=O) groups is 2. The Bertz CT molecular complexity index is 1500. The molecule has 0 radical (unpaired) electrons. The summed E-state index contributed by atoms with van der Waals surface area (Å²) >= 11 is 0. The Hall–Kier alpha value is -4.11. The third-order valence-corrected chi connectivity index (χ3v) is 8.79. The van der Waals surface area contributed by atoms with Gasteiger partial charge in [0.2, 0.25) is 11.9 Å². The Kier molecular flexibility index (Phi) is 10.0. The molecule has 3 aliphatic rings. The number of likely N-dealkylation sites (tertiary alicyclic amines) is 1. The van der Waals surface area contributed by atoms with Crippen LogP contribution >= 0.6 is 0 Å². The second-order valence-corrected chi connectivity index (χ2v) is 12.0. The van der Waals surface area contributed by atoms with Gasteiger partial charge in [-0.2, -0.15) is 13.2 Å². The maximum Gasteiger partial charge on any atom is 0.471 e. The summed E-state index contributed by atoms with van der Waals surface area (Å²) in [6.07, 6.45) is -1.60. The molecule has 2 amide bonds. The van der Waals surface area contributed by atoms with Gasteiger partial charge in [-0.1, -0.05) is 36.4 Å². The van der Waals surface area contributed by atoms with Crippen LogP contribution in [0.3, 0.4) is 0 Å². The first-order chi connectivity index (χ1) is 22.7. The van der Waals surface area contributed by atoms with E-state index in [0.717, 1.165) is 43.3 Å². The maximum absolute atomic E-state index is 13.0. The lowest BCUT2D eigenvalue weighted by molar-refractivity contribution is -0.253. The number of nitrogens with zero attached hydrogens (tertiary/aromatic N) is 5. The van der Waals surface area contributed by atoms with E-state index in [-0.39, 0.29) is 31.8 Å². The average molecular weight is 655 g/mol. The molecule has 0 aliphatic carbocycles. The Morgan fingerprint density at radius 3 is 2.26 bits per heavy atom. The van der Waals surface area contributed by atoms with E-state index in [9.17, 15) is 27.9 Å². The summed E-state index contributed by atoms with van der Waals surface area (Å²) in [4.78, 5) is 38.5. The number of amides is 2. The third-order valence-electron chi connectivity index (χ3n) is 8.79. The van der Waals surface area contributed by atoms with E-state index in [4.69, 9.17) is 9.47 Å². The molecule has 4 atom stereocenters. The topological polar surface area (TPSA) is 120 Å². The van der Waals surface area contributed by atoms with Crippen LogP contribution in [-0.4, -0.2) is 94.3 Å². The van der Waals surface area contributed by atoms with E-state index in [1.165, 1.54) is 0 Å². The van der Waals surface area contributed by atoms with E-state index < -0.39 is 30.3 Å². The lowest BCUT2D eigenvalue weighted by Crippen LogP contribution is -2.50. The molecule has 3 saturated heterocycles. The Morgan fingerprint density at radius 2 is 1.60 bits per heavy atom. The van der Waals surface area contributed by atoms with Gasteiger partial charge in [0.05, 0.1) is 18.8 Å². The van der Waals surface area contributed by atoms with E-state index in [2.05, 4.69) is 25.1 Å². The predicted molar refractivity (Wildman–Crippen MR) is 165 cm³/mol. The molecule has 0 spiro atoms. The van der Waals surface area contributed by atoms with Crippen molar-refractivity contribution in [2.45, 2.75) is 56.6 Å². The van der Waals surface area contributed by atoms with E-state index in [1.807, 2.05) is 24.3 Å². The lowest BCUT2D eigenvalue weighted by atomic mass is 9.99. The highest BCUT2D eigenvalue weighted by atomic mass is 19.4. The fourth-order valence-electron chi connectivity index (χ4n) is 6.30. The number of aliphatic hydroxyl groups excluding tert-OH is 1. The van der Waals surface area contributed by atoms with Crippen LogP contribution in [0, 0.1) is 0 Å². The van der Waals surface area contributed by atoms with Gasteiger partial charge in [-0.15, -0.1) is 0 Å². The molecule has 3 aromatic rings. The number of alkyl halides is 3. The minimum Gasteiger partial charge on any atom is -0.392 e. The summed E-state index contributed by atoms with van der Waals surface area (Å²) in [7, 11) is 0. The van der Waals surface area contributed by atoms with Gasteiger partial charge in [-0.25, -0.2) is 9.97 Å². The number of aromatic nitrogens is 2. The summed E-state index contributed by atoms with van der Waals surface area (Å²) in [5.74, 6) is -1.95. The number of aliphatic hydroxyl groups is 1. The fourth-order valence-corrected chi connectivity index (χ4v) is 6.30. The zero-order valence-corrected chi connectivity index (χ0v) is 25.7. The predicted octanol–water partition coefficient (Wildman–Crippen LogP) is 3.83. The second-order valence-electron chi connectivity index (χ2n) is 12.0. The summed E-state index contributed by atoms with van der Waals surface area (Å²) in [5.41, 5.74) is 2.86. The molecule has 0 unspecified atom stereocenters. The van der Waals surface area contributed by atoms with Crippen LogP contribution in [0.1, 0.15) is 48.3 Å². The van der Waals surface area contributed by atoms with Crippen molar-refractivity contribution in [3.8, 4) is 0 Å². The number of halogens is 3. The van der Waals surface area contributed by atoms with Crippen LogP contribution in [0.5, 0.6) is 0 Å². The van der Waals surface area contributed by atoms with Crippen molar-refractivity contribution in [3.05, 3.63) is 83.7 Å². The molecule has 4 heterocycles. The van der Waals surface area contributed by atoms with E-state index in [0.29, 0.717) is 35.5 Å². The Labute approximate surface area is 270 Å². The molecule has 0 saturated carbocycles. The number of benzene rings is 2. The SMILES string of the molecule is O=C(Nc1ccc([C@H]2O[C@@H](CN3CCN(c4ncccn4)CC3)C[C@@H](c3ccc(CO)cc3)O2)cc1)[C@@H]1CCCN1C(=O)C(F)(F)F. The Balaban J connectivity index is 1.12. The number of ether oxygens (including phenoxy) is 2. The van der Waals surface area contributed by atoms with Crippen molar-refractivity contribution >= 4 is 23.5 Å². The van der Waals surface area contributed by atoms with Gasteiger partial charge in [0.15, 0.2) is 6.29 Å². The number of piperazine rings is 1. The van der Waals surface area contributed by atoms with Crippen LogP contribution in [-0.2, 0) is 25.7 Å². The van der Waals surface area contributed by atoms with Gasteiger partial charge >= 0.3 is 12.1 Å². The average Bonchev–Trinajstić information content (AvgIpc) is 3.59. The van der Waals surface area contributed by atoms with Gasteiger partial charge < -0.3 is 29.7 Å². The summed E-state index contributed by atoms with van der Waals surface area (Å²) in [6.45, 7) is 3.74. The molecule has 11 nitrogen and oxygen atoms in total. The standard InChI is InChI=1S/C33H37F3N6O5/c34-33(35,36)31(45)42-14-1-3-27(42)29(44)39-25-10-8-24(9-11-25)30-46-26(19-28(47-30)23-6-4-22(21-43)5-7-23)20-40-15-17-41(18-16-40)32-37-12-2-13-38-32/h2,4-13,26-28,30,43H,1,3,14-21H2,(H,39,44)/t26-,27+,28+,30+/m1/s1. The largest absolute Gasteiger partial charge is 0.471 e. The van der Waals surface area contributed by atoms with Crippen LogP contribution in [0.4, 0.5) is 24.8 Å². The second kappa shape index (κ2) is 14.3. The molecule has 6 rings (SSSR count). The third kappa shape index (κ3) is 7.89. The number of hydrogen-bond acceptors (Lipinski definition) is 9. The quantitative estimate of drug-likeness (QED) is 0.374. The highest BCUT2D eigenvalue weighted by molar-refractivity contribution is 5.98. The van der Waals surface area contributed by atoms with E-state index >= 15 is 0 Å². The highest BCUT2D eigenvalue weighted by Gasteiger charge is 2.47. The summed E-state index contributed by atoms with van der Waals surface area (Å²) < 4.78 is 52.0. The highest BCUT2D eigenvalue weighted by Crippen LogP contribution is 2.38. The fraction of sp³-hybridized carbons (Fsp3) is 0.455. The van der Waals surface area contributed by atoms with Gasteiger partial charge in [0.1, 0.15) is 6.04 Å². The molecule has 2 N–H and O–H groups in total. The molecule has 3 fully saturated rings. The van der Waals surface area contributed by atoms with Crippen LogP contribution in [0.15, 0.2) is 67.0 Å². The first-order valence-corrected chi connectivity index (χ1v) is 15.7. The number of carbonyl (C=O) groups excluding carboxylic acids is 2. The molecule has 1 aromatic heterocycles. The van der Waals surface area contributed by atoms with Gasteiger partial charge in [0.25, 0.3) is 0 Å². The molecule has 47 heavy (non-hydrogen) atoms. The first kappa shape index (κ1) is 32.8. The number of hydrogen-bond donors (Lipinski definition) is 2. The van der Waals surface area contributed by atoms with Gasteiger partial charge in [-0.05, 0) is 42.2 Å². The van der Waals surface area contributed by atoms with Gasteiger partial charge in [0, 0.05) is 69.3 Å². The van der Waals surface area contributed by atoms with E-state index in [1.54, 1.807) is 42.7 Å². The summed E-state index contributed by atoms with van der Waals surface area (Å²) in [6, 6.07) is 15.0. The van der Waals surface area contributed by atoms with Gasteiger partial charge in [-0.3, -0.25) is 14.5 Å². The molecule has 14 heteroatoms. The minimum absolute atomic E-state index is 0.0551. The van der Waals surface area contributed by atoms with Crippen molar-refractivity contribution in [2.75, 3.05) is 49.5 Å². The molecule has 3 aliphatic heterocycles. The lowest BCUT2D eigenvalue weighted by Gasteiger charge is -2.40. The van der Waals surface area contributed by atoms with Crippen LogP contribution < -0.4 is 10.2 Å². The van der Waals surface area contributed by atoms with Crippen molar-refractivity contribution in [3.63, 3.8) is 0 Å². The number of anilines is 2. The smallest absolute Gasteiger partial charge is 0.392 e. The van der Waals surface area contributed by atoms with Crippen molar-refractivity contribution < 1.29 is 37.3 Å². The molecule has 250 valence electrons. The zero-order valence-electron chi connectivity index (χ0n) is 25.7. The zero-order chi connectivity index (χ0) is 33.0. The van der Waals surface area contributed by atoms with Crippen LogP contribution in [0.2, 0.25) is 0 Å².